The van der Waals surface area contributed by atoms with Crippen LogP contribution in [0.1, 0.15) is 19.3 Å². The van der Waals surface area contributed by atoms with Crippen molar-refractivity contribution in [2.24, 2.45) is 0 Å². The Morgan fingerprint density at radius 1 is 0.800 bits per heavy atom. The Morgan fingerprint density at radius 3 is 1.70 bits per heavy atom. The third-order valence-electron chi connectivity index (χ3n) is 4.91. The lowest BCUT2D eigenvalue weighted by Crippen LogP contribution is -2.38. The third-order valence-corrected chi connectivity index (χ3v) is 9.92. The third kappa shape index (κ3) is 10.4. The Labute approximate surface area is 201 Å². The van der Waals surface area contributed by atoms with E-state index in [-0.39, 0.29) is 67.8 Å². The molecule has 0 saturated carbocycles. The normalized spacial score (nSPS) is 16.6. The molecule has 0 radical (unpaired) electrons. The van der Waals surface area contributed by atoms with Gasteiger partial charge in [0.1, 0.15) is 0 Å². The van der Waals surface area contributed by atoms with Crippen molar-refractivity contribution in [3.05, 3.63) is 0 Å². The molecule has 1 aliphatic rings. The van der Waals surface area contributed by atoms with Crippen molar-refractivity contribution >= 4 is 63.9 Å². The molecule has 1 aliphatic heterocycles. The first-order valence-corrected chi connectivity index (χ1v) is 15.7. The monoisotopic (exact) mass is 547 g/mol. The number of hydrogen-bond acceptors (Lipinski definition) is 5. The minimum atomic E-state index is -3.58. The highest BCUT2D eigenvalue weighted by atomic mass is 35.5. The number of likely N-dealkylation sites (tertiary alicyclic amines) is 1. The molecule has 0 aromatic rings. The van der Waals surface area contributed by atoms with Gasteiger partial charge in [0.15, 0.2) is 9.84 Å². The molecule has 0 spiro atoms. The summed E-state index contributed by atoms with van der Waals surface area (Å²) in [7, 11) is -6.92. The lowest BCUT2D eigenvalue weighted by molar-refractivity contribution is 0.225. The van der Waals surface area contributed by atoms with Crippen LogP contribution in [0.4, 0.5) is 0 Å². The van der Waals surface area contributed by atoms with E-state index in [1.54, 1.807) is 9.34 Å². The quantitative estimate of drug-likeness (QED) is 0.203. The maximum atomic E-state index is 13.9. The second-order valence-corrected chi connectivity index (χ2v) is 13.2. The first kappa shape index (κ1) is 29.2. The average Bonchev–Trinajstić information content (AvgIpc) is 2.72. The van der Waals surface area contributed by atoms with Crippen molar-refractivity contribution in [3.8, 4) is 0 Å². The molecule has 30 heavy (non-hydrogen) atoms. The molecule has 0 atom stereocenters. The second kappa shape index (κ2) is 15.9. The van der Waals surface area contributed by atoms with E-state index in [2.05, 4.69) is 4.90 Å². The van der Waals surface area contributed by atoms with Gasteiger partial charge in [0.2, 0.25) is 0 Å². The van der Waals surface area contributed by atoms with Crippen LogP contribution in [-0.4, -0.2) is 110 Å². The van der Waals surface area contributed by atoms with Gasteiger partial charge in [-0.3, -0.25) is 4.57 Å². The summed E-state index contributed by atoms with van der Waals surface area (Å²) < 4.78 is 47.8. The predicted molar refractivity (Wildman–Crippen MR) is 129 cm³/mol. The van der Waals surface area contributed by atoms with Crippen LogP contribution in [0, 0.1) is 0 Å². The molecule has 1 fully saturated rings. The molecule has 0 aromatic carbocycles. The minimum absolute atomic E-state index is 0.0702. The summed E-state index contributed by atoms with van der Waals surface area (Å²) in [6.45, 7) is 3.38. The molecule has 1 heterocycles. The Hall–Kier alpha value is 1.18. The molecule has 1 saturated heterocycles. The molecule has 0 bridgehead atoms. The van der Waals surface area contributed by atoms with E-state index in [0.29, 0.717) is 6.54 Å². The van der Waals surface area contributed by atoms with E-state index in [0.717, 1.165) is 25.9 Å². The number of nitrogens with zero attached hydrogens (tertiary/aromatic N) is 3. The summed E-state index contributed by atoms with van der Waals surface area (Å²) in [5, 5.41) is 0. The van der Waals surface area contributed by atoms with Crippen LogP contribution in [0.15, 0.2) is 0 Å². The molecule has 7 nitrogen and oxygen atoms in total. The van der Waals surface area contributed by atoms with Gasteiger partial charge in [0, 0.05) is 56.2 Å². The van der Waals surface area contributed by atoms with Crippen molar-refractivity contribution in [2.45, 2.75) is 19.3 Å². The number of sulfone groups is 1. The highest BCUT2D eigenvalue weighted by Crippen LogP contribution is 2.54. The summed E-state index contributed by atoms with van der Waals surface area (Å²) in [4.78, 5) is 2.18. The van der Waals surface area contributed by atoms with Gasteiger partial charge < -0.3 is 9.42 Å². The molecule has 180 valence electrons. The maximum absolute atomic E-state index is 13.9. The summed E-state index contributed by atoms with van der Waals surface area (Å²) in [5.41, 5.74) is 0. The minimum Gasteiger partial charge on any atom is -0.305 e. The van der Waals surface area contributed by atoms with Gasteiger partial charge in [0.05, 0.1) is 18.1 Å². The van der Waals surface area contributed by atoms with E-state index in [1.807, 2.05) is 0 Å². The fourth-order valence-electron chi connectivity index (χ4n) is 3.30. The standard InChI is InChI=1S/C17H34Cl4N3O4PS/c18-4-10-23(11-5-19)29(25,24(12-6-20)13-7-21)28-15-17-30(26,27)16-14-22-8-2-1-3-9-22/h1-17H2. The molecular weight excluding hydrogens is 515 g/mol. The lowest BCUT2D eigenvalue weighted by atomic mass is 10.1. The van der Waals surface area contributed by atoms with Crippen molar-refractivity contribution in [1.82, 2.24) is 14.2 Å². The fourth-order valence-corrected chi connectivity index (χ4v) is 8.21. The zero-order chi connectivity index (χ0) is 22.5. The number of alkyl halides is 4. The largest absolute Gasteiger partial charge is 0.346 e. The van der Waals surface area contributed by atoms with Crippen LogP contribution in [0.3, 0.4) is 0 Å². The average molecular weight is 549 g/mol. The Bertz CT molecular complexity index is 580. The first-order valence-electron chi connectivity index (χ1n) is 10.2. The van der Waals surface area contributed by atoms with Gasteiger partial charge in [-0.15, -0.1) is 46.4 Å². The zero-order valence-electron chi connectivity index (χ0n) is 17.4. The molecule has 0 unspecified atom stereocenters. The van der Waals surface area contributed by atoms with Crippen molar-refractivity contribution < 1.29 is 17.5 Å². The van der Waals surface area contributed by atoms with Gasteiger partial charge in [-0.25, -0.2) is 17.8 Å². The van der Waals surface area contributed by atoms with Crippen LogP contribution in [0.5, 0.6) is 0 Å². The van der Waals surface area contributed by atoms with Crippen LogP contribution >= 0.6 is 54.1 Å². The smallest absolute Gasteiger partial charge is 0.305 e. The first-order chi connectivity index (χ1) is 14.3. The molecule has 0 N–H and O–H groups in total. The highest BCUT2D eigenvalue weighted by Gasteiger charge is 2.38. The Kier molecular flexibility index (Phi) is 15.5. The van der Waals surface area contributed by atoms with E-state index in [4.69, 9.17) is 50.9 Å². The van der Waals surface area contributed by atoms with Gasteiger partial charge >= 0.3 is 7.67 Å². The van der Waals surface area contributed by atoms with Crippen LogP contribution in [0.25, 0.3) is 0 Å². The van der Waals surface area contributed by atoms with E-state index in [1.165, 1.54) is 6.42 Å². The van der Waals surface area contributed by atoms with Crippen molar-refractivity contribution in [2.75, 3.05) is 87.4 Å². The summed E-state index contributed by atoms with van der Waals surface area (Å²) >= 11 is 23.5. The van der Waals surface area contributed by atoms with Gasteiger partial charge in [-0.05, 0) is 25.9 Å². The highest BCUT2D eigenvalue weighted by molar-refractivity contribution is 7.91. The number of halogens is 4. The maximum Gasteiger partial charge on any atom is 0.346 e. The predicted octanol–water partition coefficient (Wildman–Crippen LogP) is 3.57. The molecule has 0 aromatic heterocycles. The topological polar surface area (TPSA) is 70.2 Å². The summed E-state index contributed by atoms with van der Waals surface area (Å²) in [5.74, 6) is 0.792. The van der Waals surface area contributed by atoms with Gasteiger partial charge in [0.25, 0.3) is 0 Å². The number of piperidine rings is 1. The van der Waals surface area contributed by atoms with E-state index >= 15 is 0 Å². The Morgan fingerprint density at radius 2 is 1.27 bits per heavy atom. The SMILES string of the molecule is O=P(OCCS(=O)(=O)CCN1CCCCC1)(N(CCCl)CCCl)N(CCCl)CCCl. The van der Waals surface area contributed by atoms with Gasteiger partial charge in [-0.1, -0.05) is 6.42 Å². The van der Waals surface area contributed by atoms with E-state index < -0.39 is 17.5 Å². The molecule has 0 amide bonds. The van der Waals surface area contributed by atoms with Gasteiger partial charge in [-0.2, -0.15) is 0 Å². The second-order valence-electron chi connectivity index (χ2n) is 7.04. The summed E-state index contributed by atoms with van der Waals surface area (Å²) in [6, 6.07) is 0. The molecule has 0 aliphatic carbocycles. The van der Waals surface area contributed by atoms with Crippen LogP contribution in [0.2, 0.25) is 0 Å². The van der Waals surface area contributed by atoms with Crippen molar-refractivity contribution in [1.29, 1.82) is 0 Å². The molecule has 1 rings (SSSR count). The number of hydrogen-bond donors (Lipinski definition) is 0. The van der Waals surface area contributed by atoms with E-state index in [9.17, 15) is 13.0 Å². The molecule has 13 heteroatoms. The van der Waals surface area contributed by atoms with Crippen molar-refractivity contribution in [3.63, 3.8) is 0 Å². The van der Waals surface area contributed by atoms with Crippen LogP contribution in [-0.2, 0) is 18.9 Å². The summed E-state index contributed by atoms with van der Waals surface area (Å²) in [6.07, 6.45) is 3.43. The number of rotatable bonds is 17. The molecular formula is C17H34Cl4N3O4PS. The van der Waals surface area contributed by atoms with Crippen LogP contribution < -0.4 is 0 Å². The fraction of sp³-hybridized carbons (Fsp3) is 1.00. The Balaban J connectivity index is 2.78. The zero-order valence-corrected chi connectivity index (χ0v) is 22.1. The lowest BCUT2D eigenvalue weighted by Gasteiger charge is -2.37.